The first-order valence-electron chi connectivity index (χ1n) is 13.2. The van der Waals surface area contributed by atoms with Crippen molar-refractivity contribution in [2.24, 2.45) is 0 Å². The third-order valence-electron chi connectivity index (χ3n) is 6.30. The minimum atomic E-state index is -3.94. The molecule has 1 N–H and O–H groups in total. The van der Waals surface area contributed by atoms with Crippen LogP contribution < -0.4 is 19.1 Å². The van der Waals surface area contributed by atoms with Crippen LogP contribution in [0.3, 0.4) is 0 Å². The first kappa shape index (κ1) is 31.5. The van der Waals surface area contributed by atoms with E-state index in [1.807, 2.05) is 81.4 Å². The second-order valence-electron chi connectivity index (χ2n) is 10.8. The number of hydrogen-bond donors (Lipinski definition) is 1. The summed E-state index contributed by atoms with van der Waals surface area (Å²) in [5, 5.41) is 3.01. The molecule has 3 rings (SSSR count). The van der Waals surface area contributed by atoms with Crippen LogP contribution in [-0.4, -0.2) is 63.7 Å². The van der Waals surface area contributed by atoms with Crippen molar-refractivity contribution in [3.05, 3.63) is 90.0 Å². The molecule has 0 saturated heterocycles. The second-order valence-corrected chi connectivity index (χ2v) is 12.7. The molecule has 3 aromatic rings. The van der Waals surface area contributed by atoms with Crippen LogP contribution in [0.2, 0.25) is 0 Å². The first-order valence-corrected chi connectivity index (χ1v) is 15.1. The zero-order valence-corrected chi connectivity index (χ0v) is 25.3. The Kier molecular flexibility index (Phi) is 10.4. The van der Waals surface area contributed by atoms with Gasteiger partial charge in [-0.05, 0) is 44.0 Å². The largest absolute Gasteiger partial charge is 0.497 e. The maximum absolute atomic E-state index is 14.2. The number of hydrogen-bond acceptors (Lipinski definition) is 6. The zero-order valence-electron chi connectivity index (χ0n) is 24.5. The van der Waals surface area contributed by atoms with Gasteiger partial charge in [-0.15, -0.1) is 0 Å². The number of amides is 2. The topological polar surface area (TPSA) is 105 Å². The molecule has 1 unspecified atom stereocenters. The molecule has 220 valence electrons. The van der Waals surface area contributed by atoms with E-state index in [0.29, 0.717) is 5.75 Å². The fourth-order valence-corrected chi connectivity index (χ4v) is 5.23. The van der Waals surface area contributed by atoms with Crippen molar-refractivity contribution >= 4 is 27.5 Å². The number of nitrogens with zero attached hydrogens (tertiary/aromatic N) is 2. The highest BCUT2D eigenvalue weighted by Gasteiger charge is 2.35. The summed E-state index contributed by atoms with van der Waals surface area (Å²) in [6.45, 7) is 5.17. The summed E-state index contributed by atoms with van der Waals surface area (Å²) < 4.78 is 37.8. The van der Waals surface area contributed by atoms with Crippen LogP contribution in [0, 0.1) is 0 Å². The molecule has 0 saturated carbocycles. The maximum atomic E-state index is 14.2. The van der Waals surface area contributed by atoms with E-state index < -0.39 is 34.1 Å². The second kappa shape index (κ2) is 13.5. The Morgan fingerprint density at radius 1 is 0.878 bits per heavy atom. The normalized spacial score (nSPS) is 12.2. The Morgan fingerprint density at radius 2 is 1.46 bits per heavy atom. The molecule has 41 heavy (non-hydrogen) atoms. The molecule has 0 aliphatic rings. The highest BCUT2D eigenvalue weighted by Crippen LogP contribution is 2.33. The predicted octanol–water partition coefficient (Wildman–Crippen LogP) is 4.02. The standard InChI is InChI=1S/C31H39N3O6S/c1-31(2,3)32-30(36)27(19-23-13-9-7-10-14-23)33(21-24-15-11-8-12-16-24)29(35)22-34(41(6,37)38)26-18-17-25(39-4)20-28(26)40-5/h7-18,20,27H,19,21-22H2,1-6H3,(H,32,36). The molecule has 2 amide bonds. The van der Waals surface area contributed by atoms with Crippen LogP contribution in [0.4, 0.5) is 5.69 Å². The highest BCUT2D eigenvalue weighted by molar-refractivity contribution is 7.92. The Morgan fingerprint density at radius 3 is 1.98 bits per heavy atom. The molecule has 0 aromatic heterocycles. The number of ether oxygens (including phenoxy) is 2. The Balaban J connectivity index is 2.09. The fourth-order valence-electron chi connectivity index (χ4n) is 4.37. The monoisotopic (exact) mass is 581 g/mol. The van der Waals surface area contributed by atoms with E-state index in [-0.39, 0.29) is 30.3 Å². The Hall–Kier alpha value is -4.05. The van der Waals surface area contributed by atoms with Crippen LogP contribution in [0.1, 0.15) is 31.9 Å². The number of sulfonamides is 1. The molecule has 0 aliphatic heterocycles. The summed E-state index contributed by atoms with van der Waals surface area (Å²) in [6, 6.07) is 22.5. The number of carbonyl (C=O) groups excluding carboxylic acids is 2. The molecular weight excluding hydrogens is 542 g/mol. The van der Waals surface area contributed by atoms with Crippen molar-refractivity contribution in [2.45, 2.75) is 45.3 Å². The fraction of sp³-hybridized carbons (Fsp3) is 0.355. The van der Waals surface area contributed by atoms with Crippen LogP contribution in [0.15, 0.2) is 78.9 Å². The number of rotatable bonds is 12. The number of methoxy groups -OCH3 is 2. The van der Waals surface area contributed by atoms with Gasteiger partial charge in [-0.25, -0.2) is 8.42 Å². The zero-order chi connectivity index (χ0) is 30.2. The highest BCUT2D eigenvalue weighted by atomic mass is 32.2. The number of carbonyl (C=O) groups is 2. The molecule has 10 heteroatoms. The minimum Gasteiger partial charge on any atom is -0.497 e. The number of benzene rings is 3. The Bertz CT molecular complexity index is 1420. The summed E-state index contributed by atoms with van der Waals surface area (Å²) in [7, 11) is -1.04. The van der Waals surface area contributed by atoms with E-state index in [0.717, 1.165) is 21.7 Å². The van der Waals surface area contributed by atoms with Gasteiger partial charge in [0.15, 0.2) is 0 Å². The number of anilines is 1. The predicted molar refractivity (Wildman–Crippen MR) is 161 cm³/mol. The SMILES string of the molecule is COc1ccc(N(CC(=O)N(Cc2ccccc2)C(Cc2ccccc2)C(=O)NC(C)(C)C)S(C)(=O)=O)c(OC)c1. The minimum absolute atomic E-state index is 0.103. The van der Waals surface area contributed by atoms with Crippen molar-refractivity contribution in [3.8, 4) is 11.5 Å². The van der Waals surface area contributed by atoms with E-state index in [1.54, 1.807) is 12.1 Å². The van der Waals surface area contributed by atoms with Crippen LogP contribution in [0.25, 0.3) is 0 Å². The lowest BCUT2D eigenvalue weighted by atomic mass is 10.0. The van der Waals surface area contributed by atoms with Gasteiger partial charge in [0, 0.05) is 24.6 Å². The van der Waals surface area contributed by atoms with Crippen molar-refractivity contribution < 1.29 is 27.5 Å². The van der Waals surface area contributed by atoms with Crippen molar-refractivity contribution in [1.29, 1.82) is 0 Å². The molecule has 0 heterocycles. The van der Waals surface area contributed by atoms with Gasteiger partial charge in [-0.2, -0.15) is 0 Å². The van der Waals surface area contributed by atoms with Gasteiger partial charge in [0.25, 0.3) is 0 Å². The van der Waals surface area contributed by atoms with Crippen LogP contribution >= 0.6 is 0 Å². The van der Waals surface area contributed by atoms with Crippen LogP contribution in [0.5, 0.6) is 11.5 Å². The maximum Gasteiger partial charge on any atom is 0.244 e. The average Bonchev–Trinajstić information content (AvgIpc) is 2.92. The van der Waals surface area contributed by atoms with E-state index >= 15 is 0 Å². The van der Waals surface area contributed by atoms with E-state index in [1.165, 1.54) is 25.2 Å². The molecule has 0 fully saturated rings. The van der Waals surface area contributed by atoms with Gasteiger partial charge in [-0.3, -0.25) is 13.9 Å². The van der Waals surface area contributed by atoms with E-state index in [2.05, 4.69) is 5.32 Å². The molecule has 0 aliphatic carbocycles. The molecule has 0 spiro atoms. The van der Waals surface area contributed by atoms with E-state index in [4.69, 9.17) is 9.47 Å². The van der Waals surface area contributed by atoms with Crippen molar-refractivity contribution in [1.82, 2.24) is 10.2 Å². The summed E-state index contributed by atoms with van der Waals surface area (Å²) in [5.41, 5.74) is 1.30. The summed E-state index contributed by atoms with van der Waals surface area (Å²) in [6.07, 6.45) is 1.27. The smallest absolute Gasteiger partial charge is 0.244 e. The quantitative estimate of drug-likeness (QED) is 0.346. The molecule has 9 nitrogen and oxygen atoms in total. The van der Waals surface area contributed by atoms with Gasteiger partial charge < -0.3 is 19.7 Å². The van der Waals surface area contributed by atoms with Gasteiger partial charge in [0.1, 0.15) is 24.1 Å². The first-order chi connectivity index (χ1) is 19.3. The molecule has 1 atom stereocenters. The number of nitrogens with one attached hydrogen (secondary N) is 1. The summed E-state index contributed by atoms with van der Waals surface area (Å²) in [5.74, 6) is -0.179. The van der Waals surface area contributed by atoms with Crippen LogP contribution in [-0.2, 0) is 32.6 Å². The lowest BCUT2D eigenvalue weighted by molar-refractivity contribution is -0.140. The van der Waals surface area contributed by atoms with Gasteiger partial charge >= 0.3 is 0 Å². The molecular formula is C31H39N3O6S. The average molecular weight is 582 g/mol. The summed E-state index contributed by atoms with van der Waals surface area (Å²) in [4.78, 5) is 29.4. The summed E-state index contributed by atoms with van der Waals surface area (Å²) >= 11 is 0. The Labute approximate surface area is 243 Å². The lowest BCUT2D eigenvalue weighted by Crippen LogP contribution is -2.56. The third kappa shape index (κ3) is 8.97. The van der Waals surface area contributed by atoms with Gasteiger partial charge in [-0.1, -0.05) is 60.7 Å². The van der Waals surface area contributed by atoms with E-state index in [9.17, 15) is 18.0 Å². The third-order valence-corrected chi connectivity index (χ3v) is 7.43. The lowest BCUT2D eigenvalue weighted by Gasteiger charge is -2.35. The van der Waals surface area contributed by atoms with Gasteiger partial charge in [0.2, 0.25) is 21.8 Å². The van der Waals surface area contributed by atoms with Gasteiger partial charge in [0.05, 0.1) is 26.2 Å². The van der Waals surface area contributed by atoms with Crippen molar-refractivity contribution in [3.63, 3.8) is 0 Å². The molecule has 3 aromatic carbocycles. The molecule has 0 bridgehead atoms. The van der Waals surface area contributed by atoms with Crippen molar-refractivity contribution in [2.75, 3.05) is 31.3 Å². The molecule has 0 radical (unpaired) electrons.